The lowest BCUT2D eigenvalue weighted by molar-refractivity contribution is 0.0940. The van der Waals surface area contributed by atoms with E-state index < -0.39 is 5.82 Å². The van der Waals surface area contributed by atoms with Gasteiger partial charge in [0.1, 0.15) is 68.7 Å². The van der Waals surface area contributed by atoms with Gasteiger partial charge in [0, 0.05) is 117 Å². The van der Waals surface area contributed by atoms with E-state index in [1.54, 1.807) is 111 Å². The predicted molar refractivity (Wildman–Crippen MR) is 480 cm³/mol. The number of phenols is 1. The maximum absolute atomic E-state index is 13.6. The maximum Gasteiger partial charge on any atom is 0.255 e. The SMILES string of the molecule is C.C.CC(C)Br.CC(C)Br.CNC(=O)c1c(-c2ccc(F)cc2)oc2ccc(-c3cc(C(=O)NCC(C)C)ccc3O)cc12.CNC(=O)c1c(-c2ccc(F)cc2)oc2ccc(-c3cc(C(=O)NCC(C)C)ccc3OC(C)C)cc12.CNC(=O)c1c(-c2ccc(F)cc2)oc2ccc(-c3cc(C(=O)NCC(C)C)ccc3OC3CCC3)cc12. The fraction of sp³-hybridized carbons (Fsp3) is 0.312. The topological polar surface area (TPSA) is 253 Å². The molecule has 0 unspecified atom stereocenters. The smallest absolute Gasteiger partial charge is 0.255 e. The molecule has 0 bridgehead atoms. The summed E-state index contributed by atoms with van der Waals surface area (Å²) in [5.74, 6) is 0.644. The monoisotopic (exact) mass is 1750 g/mol. The van der Waals surface area contributed by atoms with Gasteiger partial charge in [0.05, 0.1) is 28.9 Å². The summed E-state index contributed by atoms with van der Waals surface area (Å²) in [5.41, 5.74) is 9.84. The lowest BCUT2D eigenvalue weighted by Gasteiger charge is -2.27. The van der Waals surface area contributed by atoms with E-state index in [2.05, 4.69) is 91.5 Å². The van der Waals surface area contributed by atoms with Crippen molar-refractivity contribution in [3.8, 4) is 84.6 Å². The van der Waals surface area contributed by atoms with Crippen molar-refractivity contribution < 1.29 is 69.8 Å². The molecule has 119 heavy (non-hydrogen) atoms. The molecule has 1 aliphatic carbocycles. The van der Waals surface area contributed by atoms with Crippen LogP contribution >= 0.6 is 31.9 Å². The van der Waals surface area contributed by atoms with Crippen molar-refractivity contribution in [1.82, 2.24) is 31.9 Å². The van der Waals surface area contributed by atoms with Crippen LogP contribution in [0.1, 0.15) is 179 Å². The summed E-state index contributed by atoms with van der Waals surface area (Å²) in [4.78, 5) is 78.2. The van der Waals surface area contributed by atoms with Crippen LogP contribution in [0.5, 0.6) is 17.2 Å². The molecular formula is C96H109Br2F3N6O12. The number of carbonyl (C=O) groups is 6. The second kappa shape index (κ2) is 43.9. The average molecular weight is 1760 g/mol. The van der Waals surface area contributed by atoms with Crippen LogP contribution in [0.4, 0.5) is 13.2 Å². The molecule has 13 rings (SSSR count). The van der Waals surface area contributed by atoms with Crippen LogP contribution < -0.4 is 41.4 Å². The first kappa shape index (κ1) is 94.7. The highest BCUT2D eigenvalue weighted by Crippen LogP contribution is 2.44. The number of halogens is 5. The van der Waals surface area contributed by atoms with E-state index in [1.165, 1.54) is 49.5 Å². The van der Waals surface area contributed by atoms with Crippen molar-refractivity contribution in [2.75, 3.05) is 40.8 Å². The molecule has 1 aliphatic rings. The molecule has 1 fully saturated rings. The number of carbonyl (C=O) groups excluding carboxylic acids is 6. The fourth-order valence-electron chi connectivity index (χ4n) is 12.3. The molecule has 0 atom stereocenters. The van der Waals surface area contributed by atoms with Crippen molar-refractivity contribution in [3.05, 3.63) is 233 Å². The van der Waals surface area contributed by atoms with Crippen LogP contribution in [0.25, 0.3) is 100 Å². The van der Waals surface area contributed by atoms with Crippen LogP contribution in [-0.4, -0.2) is 103 Å². The molecule has 0 radical (unpaired) electrons. The van der Waals surface area contributed by atoms with Crippen LogP contribution in [0, 0.1) is 35.2 Å². The van der Waals surface area contributed by atoms with E-state index >= 15 is 0 Å². The number of ether oxygens (including phenoxy) is 2. The summed E-state index contributed by atoms with van der Waals surface area (Å²) in [7, 11) is 4.63. The van der Waals surface area contributed by atoms with E-state index in [9.17, 15) is 47.0 Å². The van der Waals surface area contributed by atoms with E-state index in [-0.39, 0.29) is 79.9 Å². The van der Waals surface area contributed by atoms with Gasteiger partial charge in [0.15, 0.2) is 0 Å². The Balaban J connectivity index is 0.000000233. The number of benzene rings is 9. The minimum atomic E-state index is -0.392. The summed E-state index contributed by atoms with van der Waals surface area (Å²) in [6.07, 6.45) is 3.21. The lowest BCUT2D eigenvalue weighted by atomic mass is 9.95. The molecule has 12 aromatic rings. The third kappa shape index (κ3) is 25.1. The zero-order valence-corrected chi connectivity index (χ0v) is 71.6. The van der Waals surface area contributed by atoms with Crippen LogP contribution in [-0.2, 0) is 0 Å². The summed E-state index contributed by atoms with van der Waals surface area (Å²) < 4.78 is 71.0. The maximum atomic E-state index is 13.6. The normalized spacial score (nSPS) is 11.5. The highest BCUT2D eigenvalue weighted by Gasteiger charge is 2.29. The van der Waals surface area contributed by atoms with Gasteiger partial charge in [0.2, 0.25) is 0 Å². The number of furan rings is 3. The van der Waals surface area contributed by atoms with E-state index in [0.29, 0.717) is 170 Å². The Morgan fingerprint density at radius 1 is 0.395 bits per heavy atom. The van der Waals surface area contributed by atoms with Gasteiger partial charge in [-0.15, -0.1) is 0 Å². The molecule has 23 heteroatoms. The third-order valence-corrected chi connectivity index (χ3v) is 18.1. The molecule has 630 valence electrons. The number of hydrogen-bond donors (Lipinski definition) is 7. The largest absolute Gasteiger partial charge is 0.507 e. The quantitative estimate of drug-likeness (QED) is 0.0313. The number of rotatable bonds is 22. The molecule has 0 saturated heterocycles. The van der Waals surface area contributed by atoms with Gasteiger partial charge in [-0.25, -0.2) is 13.2 Å². The van der Waals surface area contributed by atoms with Gasteiger partial charge in [-0.3, -0.25) is 28.8 Å². The molecule has 6 amide bonds. The van der Waals surface area contributed by atoms with Gasteiger partial charge >= 0.3 is 0 Å². The minimum Gasteiger partial charge on any atom is -0.507 e. The van der Waals surface area contributed by atoms with Crippen molar-refractivity contribution in [3.63, 3.8) is 0 Å². The first-order valence-corrected chi connectivity index (χ1v) is 40.8. The van der Waals surface area contributed by atoms with Gasteiger partial charge in [-0.05, 0) is 231 Å². The number of aromatic hydroxyl groups is 1. The zero-order chi connectivity index (χ0) is 85.1. The van der Waals surface area contributed by atoms with Crippen molar-refractivity contribution in [2.24, 2.45) is 17.8 Å². The molecule has 0 aliphatic heterocycles. The van der Waals surface area contributed by atoms with Gasteiger partial charge < -0.3 is 59.7 Å². The van der Waals surface area contributed by atoms with Crippen molar-refractivity contribution >= 4 is 100 Å². The molecule has 3 heterocycles. The van der Waals surface area contributed by atoms with Gasteiger partial charge in [0.25, 0.3) is 35.4 Å². The Hall–Kier alpha value is -11.4. The summed E-state index contributed by atoms with van der Waals surface area (Å²) in [6, 6.07) is 49.1. The van der Waals surface area contributed by atoms with Crippen LogP contribution in [0.2, 0.25) is 0 Å². The molecule has 18 nitrogen and oxygen atoms in total. The van der Waals surface area contributed by atoms with Crippen LogP contribution in [0.3, 0.4) is 0 Å². The van der Waals surface area contributed by atoms with Crippen molar-refractivity contribution in [2.45, 2.75) is 139 Å². The first-order valence-electron chi connectivity index (χ1n) is 39.0. The molecular weight excluding hydrogens is 1650 g/mol. The average Bonchev–Trinajstić information content (AvgIpc) is 1.64. The Morgan fingerprint density at radius 2 is 0.681 bits per heavy atom. The highest BCUT2D eigenvalue weighted by molar-refractivity contribution is 9.09. The Bertz CT molecular complexity index is 5460. The van der Waals surface area contributed by atoms with E-state index in [0.717, 1.165) is 41.5 Å². The summed E-state index contributed by atoms with van der Waals surface area (Å²) in [5, 5.41) is 29.0. The second-order valence-electron chi connectivity index (χ2n) is 30.1. The molecule has 9 aromatic carbocycles. The summed E-state index contributed by atoms with van der Waals surface area (Å²) >= 11 is 6.54. The van der Waals surface area contributed by atoms with Crippen molar-refractivity contribution in [1.29, 1.82) is 0 Å². The number of amides is 6. The van der Waals surface area contributed by atoms with Crippen LogP contribution in [0.15, 0.2) is 195 Å². The minimum absolute atomic E-state index is 0. The predicted octanol–water partition coefficient (Wildman–Crippen LogP) is 23.2. The van der Waals surface area contributed by atoms with Gasteiger partial charge in [-0.1, -0.05) is 134 Å². The number of phenolic OH excluding ortho intramolecular Hbond substituents is 1. The van der Waals surface area contributed by atoms with Gasteiger partial charge in [-0.2, -0.15) is 0 Å². The Labute approximate surface area is 712 Å². The molecule has 0 spiro atoms. The Morgan fingerprint density at radius 3 is 0.975 bits per heavy atom. The third-order valence-electron chi connectivity index (χ3n) is 18.1. The molecule has 3 aromatic heterocycles. The number of fused-ring (bicyclic) bond motifs is 3. The molecule has 7 N–H and O–H groups in total. The Kier molecular flexibility index (Phi) is 34.9. The summed E-state index contributed by atoms with van der Waals surface area (Å²) in [6.45, 7) is 26.1. The second-order valence-corrected chi connectivity index (χ2v) is 33.8. The zero-order valence-electron chi connectivity index (χ0n) is 68.4. The number of alkyl halides is 2. The fourth-order valence-corrected chi connectivity index (χ4v) is 12.3. The molecule has 1 saturated carbocycles. The van der Waals surface area contributed by atoms with E-state index in [1.807, 2.05) is 97.9 Å². The van der Waals surface area contributed by atoms with E-state index in [4.69, 9.17) is 22.7 Å². The number of hydrogen-bond acceptors (Lipinski definition) is 12. The first-order chi connectivity index (χ1) is 55.7. The lowest BCUT2D eigenvalue weighted by Crippen LogP contribution is -2.27. The standard InChI is InChI=1S/C31H31FN2O4.C30H31FN2O4.C27H25FN2O4.2C3H7Br.2CH4/c1-18(2)17-34-30(35)21-10-14-26(37-23-5-4-6-23)24(16-21)20-9-13-27-25(15-20)28(31(36)33-3)29(38-27)19-7-11-22(32)12-8-19;1-17(2)16-33-29(34)21-9-13-25(36-18(3)4)23(15-21)20-8-12-26-24(14-20)27(30(35)32-5)28(37-26)19-6-10-22(31)11-7-19;1-15(2)14-30-26(32)18-6-10-22(31)20(13-18)17-7-11-23-21(12-17)24(27(33)29-3)25(34-23)16-4-8-19(28)9-5-16;2*1-3(2)4;;/h7-16,18,23H,4-6,17H2,1-3H3,(H,33,36)(H,34,35);6-15,17-18H,16H2,1-5H3,(H,32,35)(H,33,34);4-13,15,31H,14H2,1-3H3,(H,29,33)(H,30,32);2*3H,1-2H3;2*1H4. The highest BCUT2D eigenvalue weighted by atomic mass is 79.9. The number of nitrogens with one attached hydrogen (secondary N) is 6.